The topological polar surface area (TPSA) is 62.4 Å². The molecule has 0 aliphatic carbocycles. The van der Waals surface area contributed by atoms with Gasteiger partial charge in [0, 0.05) is 52.4 Å². The standard InChI is InChI=1S/C16H26Cl4N8P4/c1-3-25-8-10-27-13-15-6-5-7-16(12-15)14-28-11-9-26(4-2)32(28)23-29(17,18)21-31(25,27)22-30(19,20)24-32/h5-7,12H,3-4,8-11,13-14H2,1-2H3. The maximum absolute atomic E-state index is 7.01. The van der Waals surface area contributed by atoms with Gasteiger partial charge in [0.1, 0.15) is 0 Å². The first kappa shape index (κ1) is 24.8. The molecular formula is C16H26Cl4N8P4. The van der Waals surface area contributed by atoms with Crippen molar-refractivity contribution in [3.8, 4) is 0 Å². The highest BCUT2D eigenvalue weighted by molar-refractivity contribution is 8.16. The number of halogens is 4. The van der Waals surface area contributed by atoms with Crippen molar-refractivity contribution in [1.29, 1.82) is 0 Å². The molecule has 5 aliphatic rings. The molecule has 2 fully saturated rings. The van der Waals surface area contributed by atoms with Crippen molar-refractivity contribution >= 4 is 71.8 Å². The molecule has 0 aromatic heterocycles. The molecule has 32 heavy (non-hydrogen) atoms. The molecule has 8 nitrogen and oxygen atoms in total. The highest BCUT2D eigenvalue weighted by Crippen LogP contribution is 2.87. The summed E-state index contributed by atoms with van der Waals surface area (Å²) in [6.45, 7) is 10.2. The number of hydrogen-bond acceptors (Lipinski definition) is 8. The van der Waals surface area contributed by atoms with Gasteiger partial charge in [-0.1, -0.05) is 38.1 Å². The van der Waals surface area contributed by atoms with E-state index in [1.807, 2.05) is 0 Å². The summed E-state index contributed by atoms with van der Waals surface area (Å²) >= 11 is 28.0. The summed E-state index contributed by atoms with van der Waals surface area (Å²) in [5.74, 6) is -6.26. The lowest BCUT2D eigenvalue weighted by atomic mass is 10.1. The Balaban J connectivity index is 1.89. The predicted molar refractivity (Wildman–Crippen MR) is 143 cm³/mol. The minimum Gasteiger partial charge on any atom is -0.239 e. The predicted octanol–water partition coefficient (Wildman–Crippen LogP) is 8.73. The molecule has 2 atom stereocenters. The van der Waals surface area contributed by atoms with Gasteiger partial charge in [-0.2, -0.15) is 18.1 Å². The van der Waals surface area contributed by atoms with E-state index >= 15 is 0 Å². The smallest absolute Gasteiger partial charge is 0.239 e. The van der Waals surface area contributed by atoms with Gasteiger partial charge in [0.2, 0.25) is 15.0 Å². The SMILES string of the molecule is CCN1CCN2Cc3cccc(c3)CN3CCN(CC)P34=NP(Cl)(Cl)=NP12=NP(Cl)(Cl)=N4. The van der Waals surface area contributed by atoms with Crippen LogP contribution in [0.25, 0.3) is 0 Å². The fraction of sp³-hybridized carbons (Fsp3) is 0.625. The van der Waals surface area contributed by atoms with Crippen LogP contribution in [0, 0.1) is 0 Å². The van der Waals surface area contributed by atoms with Gasteiger partial charge in [0.05, 0.1) is 0 Å². The Labute approximate surface area is 209 Å². The summed E-state index contributed by atoms with van der Waals surface area (Å²) in [6.07, 6.45) is 0. The van der Waals surface area contributed by atoms with Gasteiger partial charge >= 0.3 is 0 Å². The Morgan fingerprint density at radius 2 is 1.16 bits per heavy atom. The minimum atomic E-state index is -3.13. The van der Waals surface area contributed by atoms with E-state index in [-0.39, 0.29) is 0 Å². The van der Waals surface area contributed by atoms with E-state index in [1.165, 1.54) is 11.1 Å². The molecule has 2 unspecified atom stereocenters. The number of nitrogens with zero attached hydrogens (tertiary/aromatic N) is 8. The van der Waals surface area contributed by atoms with Crippen molar-refractivity contribution in [2.45, 2.75) is 26.9 Å². The summed E-state index contributed by atoms with van der Waals surface area (Å²) in [5.41, 5.74) is 2.42. The van der Waals surface area contributed by atoms with Crippen LogP contribution in [-0.2, 0) is 13.1 Å². The Kier molecular flexibility index (Phi) is 6.91. The van der Waals surface area contributed by atoms with Gasteiger partial charge in [-0.15, -0.1) is 0 Å². The van der Waals surface area contributed by atoms with Crippen LogP contribution in [0.1, 0.15) is 25.0 Å². The fourth-order valence-electron chi connectivity index (χ4n) is 4.75. The maximum atomic E-state index is 7.01. The van der Waals surface area contributed by atoms with E-state index in [4.69, 9.17) is 63.0 Å². The molecule has 1 aromatic rings. The second-order valence-electron chi connectivity index (χ2n) is 8.03. The number of likely N-dealkylation sites (N-methyl/N-ethyl adjacent to an activating group) is 2. The van der Waals surface area contributed by atoms with Crippen LogP contribution in [0.5, 0.6) is 0 Å². The molecule has 0 amide bonds. The minimum absolute atomic E-state index is 0.675. The van der Waals surface area contributed by atoms with E-state index in [1.54, 1.807) is 0 Å². The number of hydrogen-bond donors (Lipinski definition) is 0. The van der Waals surface area contributed by atoms with Gasteiger partial charge in [0.25, 0.3) is 11.8 Å². The molecule has 0 radical (unpaired) electrons. The Morgan fingerprint density at radius 3 is 1.56 bits per heavy atom. The Bertz CT molecular complexity index is 1080. The van der Waals surface area contributed by atoms with Gasteiger partial charge in [-0.05, 0) is 56.1 Å². The first-order chi connectivity index (χ1) is 15.1. The third-order valence-electron chi connectivity index (χ3n) is 6.11. The monoisotopic (exact) mass is 594 g/mol. The lowest BCUT2D eigenvalue weighted by molar-refractivity contribution is 0.463. The summed E-state index contributed by atoms with van der Waals surface area (Å²) < 4.78 is 29.4. The van der Waals surface area contributed by atoms with E-state index < -0.39 is 26.8 Å². The Morgan fingerprint density at radius 1 is 0.719 bits per heavy atom. The summed E-state index contributed by atoms with van der Waals surface area (Å²) in [4.78, 5) is 0. The summed E-state index contributed by atoms with van der Waals surface area (Å²) in [5, 5.41) is 0. The molecule has 4 bridgehead atoms. The van der Waals surface area contributed by atoms with Crippen molar-refractivity contribution in [3.05, 3.63) is 35.4 Å². The number of benzene rings is 1. The molecule has 2 spiro atoms. The molecule has 5 aliphatic heterocycles. The van der Waals surface area contributed by atoms with Crippen molar-refractivity contribution in [1.82, 2.24) is 18.7 Å². The first-order valence-corrected chi connectivity index (χ1v) is 20.8. The average molecular weight is 596 g/mol. The fourth-order valence-corrected chi connectivity index (χ4v) is 25.0. The maximum Gasteiger partial charge on any atom is 0.257 e. The van der Waals surface area contributed by atoms with E-state index in [0.717, 1.165) is 39.3 Å². The summed E-state index contributed by atoms with van der Waals surface area (Å²) in [6, 6.07) is 8.69. The summed E-state index contributed by atoms with van der Waals surface area (Å²) in [7, 11) is -5.49. The molecule has 1 aromatic carbocycles. The molecule has 6 rings (SSSR count). The molecule has 16 heteroatoms. The molecule has 2 saturated heterocycles. The highest BCUT2D eigenvalue weighted by atomic mass is 35.9. The van der Waals surface area contributed by atoms with Crippen LogP contribution in [0.2, 0.25) is 0 Å². The molecule has 5 heterocycles. The molecular weight excluding hydrogens is 570 g/mol. The highest BCUT2D eigenvalue weighted by Gasteiger charge is 2.49. The molecule has 0 N–H and O–H groups in total. The first-order valence-electron chi connectivity index (χ1n) is 10.5. The van der Waals surface area contributed by atoms with E-state index in [0.29, 0.717) is 13.1 Å². The third kappa shape index (κ3) is 4.30. The van der Waals surface area contributed by atoms with Crippen molar-refractivity contribution in [2.75, 3.05) is 39.3 Å². The molecule has 178 valence electrons. The van der Waals surface area contributed by atoms with Crippen molar-refractivity contribution in [2.24, 2.45) is 18.1 Å². The van der Waals surface area contributed by atoms with Crippen LogP contribution in [0.15, 0.2) is 42.3 Å². The van der Waals surface area contributed by atoms with E-state index in [9.17, 15) is 0 Å². The number of rotatable bonds is 2. The largest absolute Gasteiger partial charge is 0.257 e. The number of fused-ring (bicyclic) bond motifs is 2. The van der Waals surface area contributed by atoms with E-state index in [2.05, 4.69) is 56.8 Å². The zero-order valence-corrected chi connectivity index (χ0v) is 24.4. The third-order valence-corrected chi connectivity index (χ3v) is 22.9. The zero-order valence-electron chi connectivity index (χ0n) is 17.8. The van der Waals surface area contributed by atoms with Gasteiger partial charge in [0.15, 0.2) is 0 Å². The zero-order chi connectivity index (χ0) is 22.8. The van der Waals surface area contributed by atoms with Crippen molar-refractivity contribution < 1.29 is 0 Å². The lowest BCUT2D eigenvalue weighted by Crippen LogP contribution is -2.21. The van der Waals surface area contributed by atoms with Crippen LogP contribution in [0.3, 0.4) is 0 Å². The Hall–Kier alpha value is 1.14. The average Bonchev–Trinajstić information content (AvgIpc) is 3.16. The van der Waals surface area contributed by atoms with Crippen LogP contribution in [0.4, 0.5) is 0 Å². The second kappa shape index (κ2) is 8.91. The van der Waals surface area contributed by atoms with Crippen LogP contribution >= 0.6 is 71.8 Å². The lowest BCUT2D eigenvalue weighted by Gasteiger charge is -2.38. The van der Waals surface area contributed by atoms with Crippen molar-refractivity contribution in [3.63, 3.8) is 0 Å². The van der Waals surface area contributed by atoms with Gasteiger partial charge in [-0.25, -0.2) is 18.7 Å². The van der Waals surface area contributed by atoms with Crippen LogP contribution < -0.4 is 0 Å². The van der Waals surface area contributed by atoms with Gasteiger partial charge < -0.3 is 0 Å². The second-order valence-corrected chi connectivity index (χ2v) is 23.8. The van der Waals surface area contributed by atoms with Crippen LogP contribution in [-0.4, -0.2) is 58.0 Å². The van der Waals surface area contributed by atoms with Gasteiger partial charge in [-0.3, -0.25) is 0 Å². The molecule has 0 saturated carbocycles. The normalized spacial score (nSPS) is 34.7. The quantitative estimate of drug-likeness (QED) is 0.321.